The van der Waals surface area contributed by atoms with Crippen LogP contribution in [0.1, 0.15) is 12.5 Å². The molecule has 0 radical (unpaired) electrons. The molecule has 1 aromatic carbocycles. The normalized spacial score (nSPS) is 11.5. The van der Waals surface area contributed by atoms with Crippen molar-refractivity contribution >= 4 is 18.0 Å². The molecule has 4 heteroatoms. The van der Waals surface area contributed by atoms with Crippen LogP contribution in [-0.2, 0) is 9.59 Å². The predicted octanol–water partition coefficient (Wildman–Crippen LogP) is 0.470. The summed E-state index contributed by atoms with van der Waals surface area (Å²) < 4.78 is 0. The second-order valence-corrected chi connectivity index (χ2v) is 3.32. The summed E-state index contributed by atoms with van der Waals surface area (Å²) in [5.74, 6) is -1.87. The highest BCUT2D eigenvalue weighted by molar-refractivity contribution is 5.91. The molecule has 0 spiro atoms. The average Bonchev–Trinajstić information content (AvgIpc) is 2.28. The molecule has 0 saturated heterocycles. The van der Waals surface area contributed by atoms with E-state index in [0.717, 1.165) is 5.56 Å². The van der Waals surface area contributed by atoms with Crippen molar-refractivity contribution in [3.63, 3.8) is 0 Å². The van der Waals surface area contributed by atoms with E-state index in [1.807, 2.05) is 30.3 Å². The maximum Gasteiger partial charge on any atom is 0.221 e. The molecule has 4 nitrogen and oxygen atoms in total. The van der Waals surface area contributed by atoms with Gasteiger partial charge in [0.15, 0.2) is 0 Å². The highest BCUT2D eigenvalue weighted by atomic mass is 16.4. The number of carboxylic acids is 1. The third-order valence-electron chi connectivity index (χ3n) is 1.88. The number of carbonyl (C=O) groups is 2. The van der Waals surface area contributed by atoms with Crippen molar-refractivity contribution in [2.24, 2.45) is 0 Å². The van der Waals surface area contributed by atoms with Crippen molar-refractivity contribution in [1.82, 2.24) is 5.32 Å². The maximum absolute atomic E-state index is 10.7. The molecule has 0 unspecified atom stereocenters. The lowest BCUT2D eigenvalue weighted by atomic mass is 10.2. The molecule has 1 aromatic rings. The van der Waals surface area contributed by atoms with E-state index in [1.165, 1.54) is 19.1 Å². The molecule has 0 heterocycles. The second-order valence-electron chi connectivity index (χ2n) is 3.32. The van der Waals surface area contributed by atoms with Gasteiger partial charge in [0, 0.05) is 6.92 Å². The van der Waals surface area contributed by atoms with Crippen LogP contribution in [0.4, 0.5) is 0 Å². The van der Waals surface area contributed by atoms with Crippen molar-refractivity contribution in [1.29, 1.82) is 0 Å². The molecule has 88 valence electrons. The molecule has 0 aliphatic rings. The van der Waals surface area contributed by atoms with Crippen LogP contribution in [-0.4, -0.2) is 11.9 Å². The Morgan fingerprint density at radius 1 is 1.24 bits per heavy atom. The van der Waals surface area contributed by atoms with Crippen LogP contribution in [0.5, 0.6) is 0 Å². The molecule has 0 saturated carbocycles. The molecule has 0 aliphatic heterocycles. The lowest BCUT2D eigenvalue weighted by Crippen LogP contribution is -2.34. The van der Waals surface area contributed by atoms with E-state index in [0.29, 0.717) is 0 Å². The summed E-state index contributed by atoms with van der Waals surface area (Å²) in [5, 5.41) is 12.8. The molecule has 0 fully saturated rings. The van der Waals surface area contributed by atoms with E-state index in [1.54, 1.807) is 6.08 Å². The summed E-state index contributed by atoms with van der Waals surface area (Å²) in [6, 6.07) is 9.38. The molecule has 0 atom stereocenters. The molecule has 1 rings (SSSR count). The zero-order valence-electron chi connectivity index (χ0n) is 9.34. The summed E-state index contributed by atoms with van der Waals surface area (Å²) >= 11 is 0. The Hall–Kier alpha value is -2.36. The van der Waals surface area contributed by atoms with Crippen LogP contribution in [0.3, 0.4) is 0 Å². The summed E-state index contributed by atoms with van der Waals surface area (Å²) in [6.45, 7) is 1.23. The van der Waals surface area contributed by atoms with E-state index in [2.05, 4.69) is 5.32 Å². The molecule has 1 amide bonds. The summed E-state index contributed by atoms with van der Waals surface area (Å²) in [6.07, 6.45) is 4.55. The van der Waals surface area contributed by atoms with Gasteiger partial charge in [-0.3, -0.25) is 4.79 Å². The number of nitrogens with one attached hydrogen (secondary N) is 1. The average molecular weight is 230 g/mol. The number of carboxylic acid groups (broad SMARTS) is 1. The van der Waals surface area contributed by atoms with E-state index in [4.69, 9.17) is 0 Å². The Kier molecular flexibility index (Phi) is 4.69. The van der Waals surface area contributed by atoms with Gasteiger partial charge in [-0.15, -0.1) is 0 Å². The number of aliphatic carboxylic acids is 1. The predicted molar refractivity (Wildman–Crippen MR) is 62.4 cm³/mol. The minimum atomic E-state index is -1.42. The highest BCUT2D eigenvalue weighted by Crippen LogP contribution is 2.01. The zero-order valence-corrected chi connectivity index (χ0v) is 9.34. The van der Waals surface area contributed by atoms with Gasteiger partial charge in [0.1, 0.15) is 0 Å². The SMILES string of the molecule is CC(=O)N/C(=C\C=C\c1ccccc1)C(=O)[O-]. The van der Waals surface area contributed by atoms with E-state index >= 15 is 0 Å². The van der Waals surface area contributed by atoms with Crippen LogP contribution in [0.2, 0.25) is 0 Å². The molecular weight excluding hydrogens is 218 g/mol. The van der Waals surface area contributed by atoms with Crippen LogP contribution in [0.25, 0.3) is 6.08 Å². The number of hydrogen-bond acceptors (Lipinski definition) is 3. The fourth-order valence-corrected chi connectivity index (χ4v) is 1.17. The number of amides is 1. The third kappa shape index (κ3) is 4.79. The molecule has 1 N–H and O–H groups in total. The van der Waals surface area contributed by atoms with Gasteiger partial charge >= 0.3 is 0 Å². The quantitative estimate of drug-likeness (QED) is 0.603. The monoisotopic (exact) mass is 230 g/mol. The zero-order chi connectivity index (χ0) is 12.7. The topological polar surface area (TPSA) is 69.2 Å². The summed E-state index contributed by atoms with van der Waals surface area (Å²) in [4.78, 5) is 21.4. The summed E-state index contributed by atoms with van der Waals surface area (Å²) in [5.41, 5.74) is 0.675. The largest absolute Gasteiger partial charge is 0.543 e. The van der Waals surface area contributed by atoms with Crippen molar-refractivity contribution in [2.75, 3.05) is 0 Å². The number of rotatable bonds is 4. The standard InChI is InChI=1S/C13H13NO3/c1-10(15)14-12(13(16)17)9-5-8-11-6-3-2-4-7-11/h2-9H,1H3,(H,14,15)(H,16,17)/p-1/b8-5+,12-9-. The first-order valence-electron chi connectivity index (χ1n) is 5.02. The number of carbonyl (C=O) groups excluding carboxylic acids is 2. The van der Waals surface area contributed by atoms with Gasteiger partial charge in [0.25, 0.3) is 0 Å². The van der Waals surface area contributed by atoms with E-state index < -0.39 is 11.9 Å². The molecule has 0 aliphatic carbocycles. The molecule has 17 heavy (non-hydrogen) atoms. The smallest absolute Gasteiger partial charge is 0.221 e. The Labute approximate surface area is 99.3 Å². The van der Waals surface area contributed by atoms with Gasteiger partial charge in [0.2, 0.25) is 5.91 Å². The van der Waals surface area contributed by atoms with Crippen molar-refractivity contribution in [2.45, 2.75) is 6.92 Å². The van der Waals surface area contributed by atoms with Gasteiger partial charge in [-0.2, -0.15) is 0 Å². The molecule has 0 aromatic heterocycles. The fourth-order valence-electron chi connectivity index (χ4n) is 1.17. The van der Waals surface area contributed by atoms with Crippen LogP contribution < -0.4 is 10.4 Å². The van der Waals surface area contributed by atoms with Gasteiger partial charge in [-0.25, -0.2) is 0 Å². The Morgan fingerprint density at radius 3 is 2.41 bits per heavy atom. The molecular formula is C13H12NO3-. The minimum absolute atomic E-state index is 0.260. The van der Waals surface area contributed by atoms with Crippen LogP contribution in [0, 0.1) is 0 Å². The van der Waals surface area contributed by atoms with Crippen molar-refractivity contribution < 1.29 is 14.7 Å². The Morgan fingerprint density at radius 2 is 1.88 bits per heavy atom. The highest BCUT2D eigenvalue weighted by Gasteiger charge is 1.98. The lowest BCUT2D eigenvalue weighted by Gasteiger charge is -2.07. The van der Waals surface area contributed by atoms with Crippen molar-refractivity contribution in [3.8, 4) is 0 Å². The minimum Gasteiger partial charge on any atom is -0.543 e. The lowest BCUT2D eigenvalue weighted by molar-refractivity contribution is -0.299. The van der Waals surface area contributed by atoms with Gasteiger partial charge in [0.05, 0.1) is 11.7 Å². The van der Waals surface area contributed by atoms with E-state index in [9.17, 15) is 14.7 Å². The Balaban J connectivity index is 2.76. The first-order chi connectivity index (χ1) is 8.09. The second kappa shape index (κ2) is 6.27. The van der Waals surface area contributed by atoms with Gasteiger partial charge < -0.3 is 15.2 Å². The maximum atomic E-state index is 10.7. The number of benzene rings is 1. The van der Waals surface area contributed by atoms with Crippen molar-refractivity contribution in [3.05, 3.63) is 53.7 Å². The van der Waals surface area contributed by atoms with E-state index in [-0.39, 0.29) is 5.70 Å². The summed E-state index contributed by atoms with van der Waals surface area (Å²) in [7, 11) is 0. The van der Waals surface area contributed by atoms with Gasteiger partial charge in [-0.1, -0.05) is 42.5 Å². The van der Waals surface area contributed by atoms with Crippen LogP contribution in [0.15, 0.2) is 48.2 Å². The Bertz CT molecular complexity index is 461. The van der Waals surface area contributed by atoms with Crippen LogP contribution >= 0.6 is 0 Å². The first-order valence-corrected chi connectivity index (χ1v) is 5.02. The van der Waals surface area contributed by atoms with Gasteiger partial charge in [-0.05, 0) is 11.6 Å². The molecule has 0 bridgehead atoms. The number of allylic oxidation sites excluding steroid dienone is 2. The first kappa shape index (κ1) is 12.7. The number of hydrogen-bond donors (Lipinski definition) is 1. The third-order valence-corrected chi connectivity index (χ3v) is 1.88. The fraction of sp³-hybridized carbons (Fsp3) is 0.0769.